The number of rotatable bonds is 12. The highest BCUT2D eigenvalue weighted by molar-refractivity contribution is 4.58. The predicted molar refractivity (Wildman–Crippen MR) is 170 cm³/mol. The molecule has 0 heteroatoms. The molecule has 0 heterocycles. The van der Waals surface area contributed by atoms with E-state index < -0.39 is 0 Å². The van der Waals surface area contributed by atoms with E-state index in [1.54, 1.807) is 0 Å². The molecule has 1 atom stereocenters. The Bertz CT molecular complexity index is 228. The second-order valence-corrected chi connectivity index (χ2v) is 11.1. The molecule has 0 nitrogen and oxygen atoms in total. The molecule has 0 radical (unpaired) electrons. The summed E-state index contributed by atoms with van der Waals surface area (Å²) >= 11 is 0. The fourth-order valence-electron chi connectivity index (χ4n) is 2.83. The fourth-order valence-corrected chi connectivity index (χ4v) is 2.83. The first-order valence-corrected chi connectivity index (χ1v) is 16.1. The summed E-state index contributed by atoms with van der Waals surface area (Å²) in [5.74, 6) is 1.02. The Morgan fingerprint density at radius 2 is 0.765 bits per heavy atom. The quantitative estimate of drug-likeness (QED) is 0.239. The zero-order valence-electron chi connectivity index (χ0n) is 28.1. The molecule has 216 valence electrons. The van der Waals surface area contributed by atoms with Gasteiger partial charge in [-0.3, -0.25) is 0 Å². The van der Waals surface area contributed by atoms with Crippen LogP contribution in [-0.2, 0) is 0 Å². The third-order valence-corrected chi connectivity index (χ3v) is 4.76. The van der Waals surface area contributed by atoms with E-state index in [-0.39, 0.29) is 0 Å². The first-order valence-electron chi connectivity index (χ1n) is 16.1. The molecule has 0 bridgehead atoms. The Kier molecular flexibility index (Phi) is 69.4. The Morgan fingerprint density at radius 1 is 0.412 bits per heavy atom. The summed E-state index contributed by atoms with van der Waals surface area (Å²) in [7, 11) is 0. The first-order chi connectivity index (χ1) is 16.1. The van der Waals surface area contributed by atoms with E-state index in [1.165, 1.54) is 109 Å². The van der Waals surface area contributed by atoms with Gasteiger partial charge < -0.3 is 0 Å². The van der Waals surface area contributed by atoms with Crippen LogP contribution in [0.2, 0.25) is 0 Å². The minimum absolute atomic E-state index is 0.550. The van der Waals surface area contributed by atoms with Gasteiger partial charge in [-0.15, -0.1) is 0 Å². The molecule has 0 spiro atoms. The van der Waals surface area contributed by atoms with E-state index in [4.69, 9.17) is 0 Å². The van der Waals surface area contributed by atoms with E-state index in [1.807, 2.05) is 0 Å². The lowest BCUT2D eigenvalue weighted by Gasteiger charge is -2.15. The van der Waals surface area contributed by atoms with E-state index in [9.17, 15) is 0 Å². The maximum atomic E-state index is 2.35. The van der Waals surface area contributed by atoms with Gasteiger partial charge in [0.05, 0.1) is 0 Å². The van der Waals surface area contributed by atoms with Crippen molar-refractivity contribution in [3.05, 3.63) is 0 Å². The minimum Gasteiger partial charge on any atom is -0.0656 e. The van der Waals surface area contributed by atoms with Crippen molar-refractivity contribution in [1.82, 2.24) is 0 Å². The largest absolute Gasteiger partial charge is 0.0656 e. The van der Waals surface area contributed by atoms with Gasteiger partial charge in [0.25, 0.3) is 0 Å². The van der Waals surface area contributed by atoms with Gasteiger partial charge in [0.2, 0.25) is 0 Å². The van der Waals surface area contributed by atoms with Crippen LogP contribution in [0.5, 0.6) is 0 Å². The summed E-state index contributed by atoms with van der Waals surface area (Å²) in [6, 6.07) is 0. The number of unbranched alkanes of at least 4 members (excludes halogenated alkanes) is 6. The van der Waals surface area contributed by atoms with Crippen molar-refractivity contribution in [3.63, 3.8) is 0 Å². The summed E-state index contributed by atoms with van der Waals surface area (Å²) in [6.45, 7) is 33.1. The predicted octanol–water partition coefficient (Wildman–Crippen LogP) is 14.5. The standard InChI is InChI=1S/C14H30.C7H16.C4H10.3C3H8/c1-4-7-9-10-11-13-14(6-3)12-8-5-2;1-5-6-7(2,3)4;1-3-4-2;3*1-3-2/h14H,4-13H2,1-3H3;5-6H2,1-4H3;3-4H2,1-2H3;3*3H2,1-2H3. The number of hydrogen-bond acceptors (Lipinski definition) is 0. The van der Waals surface area contributed by atoms with Crippen LogP contribution in [0.4, 0.5) is 0 Å². The van der Waals surface area contributed by atoms with Gasteiger partial charge >= 0.3 is 0 Å². The normalized spacial score (nSPS) is 10.3. The third-order valence-electron chi connectivity index (χ3n) is 4.76. The Balaban J connectivity index is -0.0000000816. The molecule has 0 aliphatic heterocycles. The maximum Gasteiger partial charge on any atom is -0.0383 e. The maximum absolute atomic E-state index is 2.35. The molecule has 0 fully saturated rings. The molecule has 0 aliphatic carbocycles. The van der Waals surface area contributed by atoms with Crippen molar-refractivity contribution >= 4 is 0 Å². The van der Waals surface area contributed by atoms with Crippen LogP contribution in [0, 0.1) is 11.3 Å². The summed E-state index contributed by atoms with van der Waals surface area (Å²) in [5, 5.41) is 0. The van der Waals surface area contributed by atoms with Crippen LogP contribution in [0.15, 0.2) is 0 Å². The molecule has 0 rings (SSSR count). The number of hydrogen-bond donors (Lipinski definition) is 0. The van der Waals surface area contributed by atoms with Crippen LogP contribution in [0.1, 0.15) is 213 Å². The molecular weight excluding hydrogens is 408 g/mol. The van der Waals surface area contributed by atoms with Crippen LogP contribution in [0.25, 0.3) is 0 Å². The Labute approximate surface area is 224 Å². The SMILES string of the molecule is CCC.CCC.CCC.CCCC.CCCC(C)(C)C.CCCCCCCC(CC)CCCC. The van der Waals surface area contributed by atoms with Gasteiger partial charge in [-0.05, 0) is 17.8 Å². The molecule has 0 aromatic heterocycles. The van der Waals surface area contributed by atoms with Gasteiger partial charge in [-0.1, -0.05) is 207 Å². The molecule has 0 aromatic carbocycles. The lowest BCUT2D eigenvalue weighted by atomic mass is 9.91. The average molecular weight is 489 g/mol. The molecule has 0 aromatic rings. The van der Waals surface area contributed by atoms with E-state index >= 15 is 0 Å². The lowest BCUT2D eigenvalue weighted by molar-refractivity contribution is 0.373. The molecular formula is C34H80. The van der Waals surface area contributed by atoms with Crippen molar-refractivity contribution in [3.8, 4) is 0 Å². The summed E-state index contributed by atoms with van der Waals surface area (Å²) in [6.07, 6.45) is 23.4. The minimum atomic E-state index is 0.550. The van der Waals surface area contributed by atoms with Crippen LogP contribution < -0.4 is 0 Å². The van der Waals surface area contributed by atoms with Gasteiger partial charge in [0.15, 0.2) is 0 Å². The van der Waals surface area contributed by atoms with Gasteiger partial charge in [-0.2, -0.15) is 0 Å². The van der Waals surface area contributed by atoms with E-state index in [0.29, 0.717) is 5.41 Å². The summed E-state index contributed by atoms with van der Waals surface area (Å²) in [5.41, 5.74) is 0.550. The highest BCUT2D eigenvalue weighted by atomic mass is 14.1. The third kappa shape index (κ3) is 94.9. The lowest BCUT2D eigenvalue weighted by Crippen LogP contribution is -2.02. The zero-order chi connectivity index (χ0) is 28.1. The van der Waals surface area contributed by atoms with Crippen LogP contribution >= 0.6 is 0 Å². The molecule has 0 saturated carbocycles. The van der Waals surface area contributed by atoms with Gasteiger partial charge in [-0.25, -0.2) is 0 Å². The first kappa shape index (κ1) is 47.2. The topological polar surface area (TPSA) is 0 Å². The van der Waals surface area contributed by atoms with Gasteiger partial charge in [0.1, 0.15) is 0 Å². The Hall–Kier alpha value is 0. The van der Waals surface area contributed by atoms with Crippen molar-refractivity contribution in [2.45, 2.75) is 213 Å². The average Bonchev–Trinajstić information content (AvgIpc) is 2.77. The monoisotopic (exact) mass is 489 g/mol. The second kappa shape index (κ2) is 50.0. The molecule has 34 heavy (non-hydrogen) atoms. The van der Waals surface area contributed by atoms with Crippen LogP contribution in [0.3, 0.4) is 0 Å². The second-order valence-electron chi connectivity index (χ2n) is 11.1. The van der Waals surface area contributed by atoms with Crippen molar-refractivity contribution in [2.24, 2.45) is 11.3 Å². The van der Waals surface area contributed by atoms with E-state index in [0.717, 1.165) is 5.92 Å². The highest BCUT2D eigenvalue weighted by Crippen LogP contribution is 2.20. The highest BCUT2D eigenvalue weighted by Gasteiger charge is 2.06. The van der Waals surface area contributed by atoms with Crippen molar-refractivity contribution < 1.29 is 0 Å². The van der Waals surface area contributed by atoms with Crippen LogP contribution in [-0.4, -0.2) is 0 Å². The van der Waals surface area contributed by atoms with Crippen molar-refractivity contribution in [1.29, 1.82) is 0 Å². The molecule has 0 saturated heterocycles. The fraction of sp³-hybridized carbons (Fsp3) is 1.00. The van der Waals surface area contributed by atoms with E-state index in [2.05, 4.69) is 104 Å². The van der Waals surface area contributed by atoms with Gasteiger partial charge in [0, 0.05) is 0 Å². The Morgan fingerprint density at radius 3 is 1.00 bits per heavy atom. The summed E-state index contributed by atoms with van der Waals surface area (Å²) in [4.78, 5) is 0. The molecule has 0 N–H and O–H groups in total. The molecule has 0 amide bonds. The summed E-state index contributed by atoms with van der Waals surface area (Å²) < 4.78 is 0. The molecule has 0 aliphatic rings. The smallest absolute Gasteiger partial charge is 0.0383 e. The molecule has 1 unspecified atom stereocenters. The van der Waals surface area contributed by atoms with Crippen molar-refractivity contribution in [2.75, 3.05) is 0 Å². The zero-order valence-corrected chi connectivity index (χ0v) is 28.1.